The van der Waals surface area contributed by atoms with E-state index in [-0.39, 0.29) is 0 Å². The Balaban J connectivity index is 1.51. The predicted octanol–water partition coefficient (Wildman–Crippen LogP) is 4.29. The fourth-order valence-corrected chi connectivity index (χ4v) is 3.49. The Morgan fingerprint density at radius 2 is 1.48 bits per heavy atom. The molecule has 0 aromatic heterocycles. The zero-order chi connectivity index (χ0) is 18.8. The minimum Gasteiger partial charge on any atom is -0.494 e. The minimum atomic E-state index is 0.711. The minimum absolute atomic E-state index is 0.711. The summed E-state index contributed by atoms with van der Waals surface area (Å²) in [6.45, 7) is 9.44. The first kappa shape index (κ1) is 19.7. The molecule has 1 aliphatic rings. The number of rotatable bonds is 10. The van der Waals surface area contributed by atoms with E-state index in [1.807, 2.05) is 24.3 Å². The lowest BCUT2D eigenvalue weighted by Crippen LogP contribution is -2.56. The van der Waals surface area contributed by atoms with Gasteiger partial charge in [0.15, 0.2) is 0 Å². The van der Waals surface area contributed by atoms with Gasteiger partial charge in [0.1, 0.15) is 44.3 Å². The summed E-state index contributed by atoms with van der Waals surface area (Å²) in [5.41, 5.74) is 1.38. The van der Waals surface area contributed by atoms with Crippen LogP contribution in [0.3, 0.4) is 0 Å². The van der Waals surface area contributed by atoms with Crippen molar-refractivity contribution in [3.63, 3.8) is 0 Å². The van der Waals surface area contributed by atoms with Gasteiger partial charge in [0, 0.05) is 5.56 Å². The van der Waals surface area contributed by atoms with Crippen LogP contribution >= 0.6 is 0 Å². The fraction of sp³-hybridized carbons (Fsp3) is 0.478. The fourth-order valence-electron chi connectivity index (χ4n) is 3.49. The standard InChI is InChI=1S/C23H32NO3/c1-2-3-16-26-22-9-11-23(12-10-22)27-19-15-24(13-17-25-18-14-24)20-21-7-5-4-6-8-21/h4-12H,2-3,13-20H2,1H3/q+1. The number of quaternary nitrogens is 1. The van der Waals surface area contributed by atoms with E-state index in [0.29, 0.717) is 6.61 Å². The van der Waals surface area contributed by atoms with Crippen molar-refractivity contribution in [3.05, 3.63) is 60.2 Å². The Labute approximate surface area is 163 Å². The van der Waals surface area contributed by atoms with Gasteiger partial charge in [-0.25, -0.2) is 0 Å². The van der Waals surface area contributed by atoms with Crippen LogP contribution < -0.4 is 9.47 Å². The largest absolute Gasteiger partial charge is 0.494 e. The van der Waals surface area contributed by atoms with Crippen molar-refractivity contribution < 1.29 is 18.7 Å². The van der Waals surface area contributed by atoms with E-state index in [1.54, 1.807) is 0 Å². The Morgan fingerprint density at radius 3 is 2.11 bits per heavy atom. The molecule has 3 rings (SSSR count). The van der Waals surface area contributed by atoms with Gasteiger partial charge in [0.2, 0.25) is 0 Å². The second-order valence-corrected chi connectivity index (χ2v) is 7.29. The first-order chi connectivity index (χ1) is 13.3. The maximum atomic E-state index is 6.04. The number of unbranched alkanes of at least 4 members (excludes halogenated alkanes) is 1. The molecule has 2 aromatic rings. The third-order valence-corrected chi connectivity index (χ3v) is 5.21. The third kappa shape index (κ3) is 6.26. The summed E-state index contributed by atoms with van der Waals surface area (Å²) < 4.78 is 18.4. The lowest BCUT2D eigenvalue weighted by molar-refractivity contribution is -0.947. The van der Waals surface area contributed by atoms with Gasteiger partial charge in [0.25, 0.3) is 0 Å². The van der Waals surface area contributed by atoms with Gasteiger partial charge in [-0.2, -0.15) is 0 Å². The molecule has 1 heterocycles. The molecule has 4 nitrogen and oxygen atoms in total. The smallest absolute Gasteiger partial charge is 0.137 e. The highest BCUT2D eigenvalue weighted by Gasteiger charge is 2.30. The summed E-state index contributed by atoms with van der Waals surface area (Å²) in [5, 5.41) is 0. The maximum Gasteiger partial charge on any atom is 0.137 e. The summed E-state index contributed by atoms with van der Waals surface area (Å²) in [5.74, 6) is 1.82. The van der Waals surface area contributed by atoms with E-state index in [9.17, 15) is 0 Å². The molecule has 1 fully saturated rings. The predicted molar refractivity (Wildman–Crippen MR) is 108 cm³/mol. The van der Waals surface area contributed by atoms with Gasteiger partial charge in [-0.15, -0.1) is 0 Å². The zero-order valence-electron chi connectivity index (χ0n) is 16.4. The van der Waals surface area contributed by atoms with Crippen molar-refractivity contribution in [2.75, 3.05) is 46.1 Å². The van der Waals surface area contributed by atoms with Crippen molar-refractivity contribution in [1.82, 2.24) is 0 Å². The van der Waals surface area contributed by atoms with Crippen molar-refractivity contribution in [1.29, 1.82) is 0 Å². The number of morpholine rings is 1. The molecule has 0 atom stereocenters. The van der Waals surface area contributed by atoms with E-state index >= 15 is 0 Å². The molecule has 0 unspecified atom stereocenters. The van der Waals surface area contributed by atoms with Crippen LogP contribution in [0.15, 0.2) is 54.6 Å². The average Bonchev–Trinajstić information content (AvgIpc) is 2.71. The van der Waals surface area contributed by atoms with Crippen LogP contribution in [0.4, 0.5) is 0 Å². The van der Waals surface area contributed by atoms with Crippen molar-refractivity contribution in [3.8, 4) is 11.5 Å². The quantitative estimate of drug-likeness (QED) is 0.461. The van der Waals surface area contributed by atoms with Crippen LogP contribution in [-0.4, -0.2) is 50.5 Å². The van der Waals surface area contributed by atoms with Crippen LogP contribution in [-0.2, 0) is 11.3 Å². The topological polar surface area (TPSA) is 27.7 Å². The van der Waals surface area contributed by atoms with Gasteiger partial charge in [-0.3, -0.25) is 0 Å². The molecule has 0 N–H and O–H groups in total. The summed E-state index contributed by atoms with van der Waals surface area (Å²) in [4.78, 5) is 0. The van der Waals surface area contributed by atoms with Crippen LogP contribution in [0.5, 0.6) is 11.5 Å². The number of nitrogens with zero attached hydrogens (tertiary/aromatic N) is 1. The van der Waals surface area contributed by atoms with Crippen molar-refractivity contribution in [2.24, 2.45) is 0 Å². The van der Waals surface area contributed by atoms with E-state index in [1.165, 1.54) is 5.56 Å². The molecule has 0 aliphatic carbocycles. The molecule has 0 radical (unpaired) electrons. The number of hydrogen-bond acceptors (Lipinski definition) is 3. The van der Waals surface area contributed by atoms with Gasteiger partial charge in [-0.05, 0) is 30.7 Å². The second-order valence-electron chi connectivity index (χ2n) is 7.29. The van der Waals surface area contributed by atoms with E-state index in [2.05, 4.69) is 37.3 Å². The molecule has 27 heavy (non-hydrogen) atoms. The normalized spacial score (nSPS) is 16.0. The van der Waals surface area contributed by atoms with Gasteiger partial charge < -0.3 is 18.7 Å². The number of benzene rings is 2. The van der Waals surface area contributed by atoms with E-state index in [4.69, 9.17) is 14.2 Å². The lowest BCUT2D eigenvalue weighted by atomic mass is 10.1. The van der Waals surface area contributed by atoms with Crippen LogP contribution in [0.1, 0.15) is 25.3 Å². The maximum absolute atomic E-state index is 6.04. The first-order valence-electron chi connectivity index (χ1n) is 10.1. The van der Waals surface area contributed by atoms with Gasteiger partial charge in [0.05, 0.1) is 19.8 Å². The first-order valence-corrected chi connectivity index (χ1v) is 10.1. The molecular weight excluding hydrogens is 338 g/mol. The average molecular weight is 371 g/mol. The van der Waals surface area contributed by atoms with Crippen molar-refractivity contribution in [2.45, 2.75) is 26.3 Å². The summed E-state index contributed by atoms with van der Waals surface area (Å²) >= 11 is 0. The summed E-state index contributed by atoms with van der Waals surface area (Å²) in [6.07, 6.45) is 2.23. The summed E-state index contributed by atoms with van der Waals surface area (Å²) in [6, 6.07) is 18.7. The lowest BCUT2D eigenvalue weighted by Gasteiger charge is -2.41. The zero-order valence-corrected chi connectivity index (χ0v) is 16.4. The van der Waals surface area contributed by atoms with E-state index in [0.717, 1.165) is 74.8 Å². The highest BCUT2D eigenvalue weighted by molar-refractivity contribution is 5.31. The summed E-state index contributed by atoms with van der Waals surface area (Å²) in [7, 11) is 0. The molecule has 1 aliphatic heterocycles. The Hall–Kier alpha value is -2.04. The monoisotopic (exact) mass is 370 g/mol. The number of hydrogen-bond donors (Lipinski definition) is 0. The van der Waals surface area contributed by atoms with Gasteiger partial charge in [-0.1, -0.05) is 43.7 Å². The SMILES string of the molecule is CCCCOc1ccc(OCC[N+]2(Cc3ccccc3)CCOCC2)cc1. The van der Waals surface area contributed by atoms with Crippen molar-refractivity contribution >= 4 is 0 Å². The van der Waals surface area contributed by atoms with Crippen LogP contribution in [0.25, 0.3) is 0 Å². The molecule has 2 aromatic carbocycles. The van der Waals surface area contributed by atoms with Crippen LogP contribution in [0.2, 0.25) is 0 Å². The molecule has 0 bridgehead atoms. The molecule has 0 spiro atoms. The van der Waals surface area contributed by atoms with E-state index < -0.39 is 0 Å². The third-order valence-electron chi connectivity index (χ3n) is 5.21. The Bertz CT molecular complexity index is 651. The molecule has 4 heteroatoms. The molecule has 0 saturated carbocycles. The number of ether oxygens (including phenoxy) is 3. The molecule has 146 valence electrons. The molecule has 1 saturated heterocycles. The Kier molecular flexibility index (Phi) is 7.55. The Morgan fingerprint density at radius 1 is 0.852 bits per heavy atom. The molecular formula is C23H32NO3+. The van der Waals surface area contributed by atoms with Crippen LogP contribution in [0, 0.1) is 0 Å². The molecule has 0 amide bonds. The highest BCUT2D eigenvalue weighted by Crippen LogP contribution is 2.20. The second kappa shape index (κ2) is 10.3. The van der Waals surface area contributed by atoms with Gasteiger partial charge >= 0.3 is 0 Å². The highest BCUT2D eigenvalue weighted by atomic mass is 16.5.